The van der Waals surface area contributed by atoms with Gasteiger partial charge in [-0.3, -0.25) is 0 Å². The van der Waals surface area contributed by atoms with E-state index in [1.165, 1.54) is 16.0 Å². The van der Waals surface area contributed by atoms with Crippen molar-refractivity contribution in [3.05, 3.63) is 16.8 Å². The fraction of sp³-hybridized carbons (Fsp3) is 0.125. The summed E-state index contributed by atoms with van der Waals surface area (Å²) in [6.45, 7) is 0. The van der Waals surface area contributed by atoms with E-state index >= 15 is 0 Å². The number of nitrogens with zero attached hydrogens (tertiary/aromatic N) is 1. The minimum absolute atomic E-state index is 0.337. The highest BCUT2D eigenvalue weighted by molar-refractivity contribution is 14.2. The van der Waals surface area contributed by atoms with Gasteiger partial charge in [0.2, 0.25) is 5.88 Å². The highest BCUT2D eigenvalue weighted by Gasteiger charge is 2.06. The number of anilines is 1. The fourth-order valence-corrected chi connectivity index (χ4v) is 1.50. The number of hydrogen-bond acceptors (Lipinski definition) is 4. The Morgan fingerprint density at radius 3 is 3.00 bits per heavy atom. The second-order valence-corrected chi connectivity index (χ2v) is 4.31. The lowest BCUT2D eigenvalue weighted by molar-refractivity contribution is 0.398. The summed E-state index contributed by atoms with van der Waals surface area (Å²) < 4.78 is 4.95. The average Bonchev–Trinajstić information content (AvgIpc) is 2.17. The Hall–Kier alpha value is -0.320. The van der Waals surface area contributed by atoms with Gasteiger partial charge in [0.15, 0.2) is 0 Å². The van der Waals surface area contributed by atoms with Crippen molar-refractivity contribution in [1.29, 1.82) is 0 Å². The van der Waals surface area contributed by atoms with Gasteiger partial charge in [-0.05, 0) is 26.2 Å². The van der Waals surface area contributed by atoms with E-state index in [-0.39, 0.29) is 0 Å². The van der Waals surface area contributed by atoms with Crippen LogP contribution in [0.1, 0.15) is 5.69 Å². The molecule has 0 radical (unpaired) electrons. The molecular formula is C8H6ClIN2OS. The standard InChI is InChI=1S/C8H6ClIN2OS/c1-13-8-5(9)4-6(11)7(12-8)2-3-14-10/h4H,11H2,1H3. The number of halogens is 2. The van der Waals surface area contributed by atoms with Gasteiger partial charge in [-0.2, -0.15) is 0 Å². The van der Waals surface area contributed by atoms with Crippen molar-refractivity contribution in [2.45, 2.75) is 0 Å². The molecule has 0 aliphatic heterocycles. The molecule has 0 atom stereocenters. The Bertz CT molecular complexity index is 402. The first kappa shape index (κ1) is 11.8. The maximum atomic E-state index is 5.81. The zero-order valence-corrected chi connectivity index (χ0v) is 10.9. The van der Waals surface area contributed by atoms with Crippen LogP contribution in [-0.2, 0) is 0 Å². The first-order chi connectivity index (χ1) is 6.69. The molecule has 0 aliphatic rings. The van der Waals surface area contributed by atoms with Crippen molar-refractivity contribution < 1.29 is 4.74 Å². The van der Waals surface area contributed by atoms with Crippen molar-refractivity contribution >= 4 is 47.4 Å². The van der Waals surface area contributed by atoms with Crippen molar-refractivity contribution in [3.63, 3.8) is 0 Å². The van der Waals surface area contributed by atoms with E-state index in [2.05, 4.69) is 37.4 Å². The van der Waals surface area contributed by atoms with Gasteiger partial charge in [0, 0.05) is 21.2 Å². The third-order valence-electron chi connectivity index (χ3n) is 1.37. The molecule has 0 unspecified atom stereocenters. The van der Waals surface area contributed by atoms with Crippen LogP contribution in [0.15, 0.2) is 6.07 Å². The summed E-state index contributed by atoms with van der Waals surface area (Å²) in [6.07, 6.45) is 0. The molecule has 6 heteroatoms. The molecule has 3 nitrogen and oxygen atoms in total. The number of ether oxygens (including phenoxy) is 1. The van der Waals surface area contributed by atoms with Gasteiger partial charge in [0.25, 0.3) is 0 Å². The average molecular weight is 341 g/mol. The molecule has 0 saturated carbocycles. The molecule has 14 heavy (non-hydrogen) atoms. The predicted octanol–water partition coefficient (Wildman–Crippen LogP) is 2.72. The van der Waals surface area contributed by atoms with Crippen LogP contribution in [0.5, 0.6) is 5.88 Å². The number of methoxy groups -OCH3 is 1. The predicted molar refractivity (Wildman–Crippen MR) is 68.7 cm³/mol. The fourth-order valence-electron chi connectivity index (χ4n) is 0.797. The smallest absolute Gasteiger partial charge is 0.233 e. The van der Waals surface area contributed by atoms with Crippen LogP contribution < -0.4 is 10.5 Å². The first-order valence-electron chi connectivity index (χ1n) is 3.47. The van der Waals surface area contributed by atoms with E-state index in [1.807, 2.05) is 0 Å². The molecule has 0 spiro atoms. The van der Waals surface area contributed by atoms with Crippen LogP contribution >= 0.6 is 41.7 Å². The third kappa shape index (κ3) is 2.83. The molecule has 1 heterocycles. The van der Waals surface area contributed by atoms with Crippen molar-refractivity contribution in [3.8, 4) is 17.1 Å². The molecule has 0 amide bonds. The van der Waals surface area contributed by atoms with Crippen LogP contribution in [0, 0.1) is 11.2 Å². The summed E-state index contributed by atoms with van der Waals surface area (Å²) in [5.41, 5.74) is 6.60. The molecule has 0 saturated heterocycles. The molecule has 1 rings (SSSR count). The van der Waals surface area contributed by atoms with E-state index in [0.29, 0.717) is 22.3 Å². The number of nitrogen functional groups attached to an aromatic ring is 1. The summed E-state index contributed by atoms with van der Waals surface area (Å²) in [4.78, 5) is 4.06. The molecule has 74 valence electrons. The van der Waals surface area contributed by atoms with E-state index in [4.69, 9.17) is 22.1 Å². The lowest BCUT2D eigenvalue weighted by atomic mass is 10.3. The Morgan fingerprint density at radius 2 is 2.43 bits per heavy atom. The van der Waals surface area contributed by atoms with Gasteiger partial charge in [0.1, 0.15) is 10.7 Å². The molecule has 0 bridgehead atoms. The minimum atomic E-state index is 0.337. The highest BCUT2D eigenvalue weighted by Crippen LogP contribution is 2.25. The molecule has 1 aromatic heterocycles. The number of pyridine rings is 1. The van der Waals surface area contributed by atoms with Gasteiger partial charge in [0.05, 0.1) is 12.8 Å². The van der Waals surface area contributed by atoms with E-state index in [1.54, 1.807) is 6.07 Å². The second-order valence-electron chi connectivity index (χ2n) is 2.22. The summed E-state index contributed by atoms with van der Waals surface area (Å²) in [5, 5.41) is 3.18. The van der Waals surface area contributed by atoms with Crippen molar-refractivity contribution in [2.75, 3.05) is 12.8 Å². The van der Waals surface area contributed by atoms with Crippen LogP contribution in [0.2, 0.25) is 5.02 Å². The molecule has 0 aliphatic carbocycles. The topological polar surface area (TPSA) is 48.1 Å². The molecule has 0 fully saturated rings. The van der Waals surface area contributed by atoms with Gasteiger partial charge >= 0.3 is 0 Å². The normalized spacial score (nSPS) is 9.07. The maximum Gasteiger partial charge on any atom is 0.233 e. The Morgan fingerprint density at radius 1 is 1.71 bits per heavy atom. The van der Waals surface area contributed by atoms with Crippen molar-refractivity contribution in [2.24, 2.45) is 0 Å². The zero-order chi connectivity index (χ0) is 10.6. The summed E-state index contributed by atoms with van der Waals surface area (Å²) in [6, 6.07) is 1.58. The molecular weight excluding hydrogens is 335 g/mol. The number of nitrogens with two attached hydrogens (primary N) is 1. The van der Waals surface area contributed by atoms with E-state index < -0.39 is 0 Å². The molecule has 0 aromatic carbocycles. The Balaban J connectivity index is 3.17. The largest absolute Gasteiger partial charge is 0.480 e. The van der Waals surface area contributed by atoms with Crippen molar-refractivity contribution in [1.82, 2.24) is 4.98 Å². The number of aromatic nitrogens is 1. The molecule has 2 N–H and O–H groups in total. The highest BCUT2D eigenvalue weighted by atomic mass is 127. The summed E-state index contributed by atoms with van der Waals surface area (Å²) in [5.74, 6) is 3.13. The number of hydrogen-bond donors (Lipinski definition) is 1. The maximum absolute atomic E-state index is 5.81. The van der Waals surface area contributed by atoms with Crippen LogP contribution in [0.25, 0.3) is 0 Å². The zero-order valence-electron chi connectivity index (χ0n) is 7.17. The second kappa shape index (κ2) is 5.53. The molecule has 1 aromatic rings. The van der Waals surface area contributed by atoms with Crippen LogP contribution in [0.3, 0.4) is 0 Å². The monoisotopic (exact) mass is 340 g/mol. The van der Waals surface area contributed by atoms with E-state index in [9.17, 15) is 0 Å². The lowest BCUT2D eigenvalue weighted by Gasteiger charge is -2.03. The van der Waals surface area contributed by atoms with Crippen LogP contribution in [0.4, 0.5) is 5.69 Å². The third-order valence-corrected chi connectivity index (χ3v) is 2.49. The summed E-state index contributed by atoms with van der Waals surface area (Å²) >= 11 is 7.88. The van der Waals surface area contributed by atoms with Gasteiger partial charge < -0.3 is 10.5 Å². The number of rotatable bonds is 1. The quantitative estimate of drug-likeness (QED) is 0.631. The van der Waals surface area contributed by atoms with Crippen LogP contribution in [-0.4, -0.2) is 12.1 Å². The Labute approximate surface area is 103 Å². The van der Waals surface area contributed by atoms with Gasteiger partial charge in [-0.25, -0.2) is 4.98 Å². The SMILES string of the molecule is COc1nc(C#CSI)c(N)cc1Cl. The first-order valence-corrected chi connectivity index (χ1v) is 7.21. The minimum Gasteiger partial charge on any atom is -0.480 e. The van der Waals surface area contributed by atoms with E-state index in [0.717, 1.165) is 0 Å². The Kier molecular flexibility index (Phi) is 4.65. The lowest BCUT2D eigenvalue weighted by Crippen LogP contribution is -1.97. The summed E-state index contributed by atoms with van der Waals surface area (Å²) in [7, 11) is 2.86. The van der Waals surface area contributed by atoms with Gasteiger partial charge in [-0.15, -0.1) is 0 Å². The van der Waals surface area contributed by atoms with Gasteiger partial charge in [-0.1, -0.05) is 11.6 Å².